The zero-order valence-electron chi connectivity index (χ0n) is 19.6. The van der Waals surface area contributed by atoms with E-state index in [1.165, 1.54) is 35.4 Å². The molecule has 1 aromatic carbocycles. The second-order valence-electron chi connectivity index (χ2n) is 7.37. The van der Waals surface area contributed by atoms with Crippen LogP contribution in [0.1, 0.15) is 89.7 Å². The number of hydrogen-bond donors (Lipinski definition) is 0. The van der Waals surface area contributed by atoms with Gasteiger partial charge < -0.3 is 27.6 Å². The molecular formula is C25H42HfN2. The predicted molar refractivity (Wildman–Crippen MR) is 126 cm³/mol. The molecule has 0 atom stereocenters. The minimum absolute atomic E-state index is 0. The maximum atomic E-state index is 5.15. The zero-order chi connectivity index (χ0) is 17.5. The molecule has 0 unspecified atom stereocenters. The van der Waals surface area contributed by atoms with Gasteiger partial charge in [-0.2, -0.15) is 0 Å². The SMILES string of the molecule is CCCCN=C1CCCC=C1[N-]c1c(C(C)C)cccc1C(C)C.[CH3-].[CH3-].[CH3-].[Hf+4]. The summed E-state index contributed by atoms with van der Waals surface area (Å²) in [6.07, 6.45) is 8.03. The summed E-state index contributed by atoms with van der Waals surface area (Å²) in [4.78, 5) is 4.85. The number of hydrogen-bond acceptors (Lipinski definition) is 1. The minimum Gasteiger partial charge on any atom is -0.656 e. The fourth-order valence-corrected chi connectivity index (χ4v) is 3.16. The number of unbranched alkanes of at least 4 members (excludes halogenated alkanes) is 1. The smallest absolute Gasteiger partial charge is 0.656 e. The van der Waals surface area contributed by atoms with Crippen LogP contribution in [0, 0.1) is 22.3 Å². The van der Waals surface area contributed by atoms with E-state index >= 15 is 0 Å². The van der Waals surface area contributed by atoms with Crippen LogP contribution >= 0.6 is 0 Å². The van der Waals surface area contributed by atoms with E-state index in [4.69, 9.17) is 10.3 Å². The van der Waals surface area contributed by atoms with Crippen LogP contribution in [0.2, 0.25) is 0 Å². The van der Waals surface area contributed by atoms with Crippen molar-refractivity contribution < 1.29 is 25.8 Å². The first-order valence-corrected chi connectivity index (χ1v) is 9.63. The molecule has 0 saturated heterocycles. The Hall–Kier alpha value is -0.700. The van der Waals surface area contributed by atoms with Crippen molar-refractivity contribution in [1.82, 2.24) is 0 Å². The molecule has 3 heteroatoms. The Bertz CT molecular complexity index is 574. The van der Waals surface area contributed by atoms with E-state index < -0.39 is 0 Å². The molecule has 0 aliphatic heterocycles. The quantitative estimate of drug-likeness (QED) is 0.185. The molecule has 2 rings (SSSR count). The molecular weight excluding hydrogens is 507 g/mol. The summed E-state index contributed by atoms with van der Waals surface area (Å²) in [5, 5.41) is 5.15. The first kappa shape index (κ1) is 32.0. The number of nitrogens with zero attached hydrogens (tertiary/aromatic N) is 2. The van der Waals surface area contributed by atoms with Crippen molar-refractivity contribution in [3.05, 3.63) is 68.7 Å². The standard InChI is InChI=1S/C22H33N2.3CH3.Hf/c1-6-7-15-23-20-13-8-9-14-21(20)24-22-18(16(2)3)11-10-12-19(22)17(4)5;;;;/h10-12,14,16-17H,6-9,13,15H2,1-5H3;3*1H3;/q4*-1;+4. The van der Waals surface area contributed by atoms with E-state index in [1.54, 1.807) is 0 Å². The maximum Gasteiger partial charge on any atom is 4.00 e. The van der Waals surface area contributed by atoms with Gasteiger partial charge in [-0.25, -0.2) is 0 Å². The second-order valence-corrected chi connectivity index (χ2v) is 7.37. The van der Waals surface area contributed by atoms with Gasteiger partial charge in [0, 0.05) is 12.3 Å². The van der Waals surface area contributed by atoms with Gasteiger partial charge >= 0.3 is 25.8 Å². The van der Waals surface area contributed by atoms with Gasteiger partial charge in [0.1, 0.15) is 0 Å². The van der Waals surface area contributed by atoms with Gasteiger partial charge in [0.05, 0.1) is 0 Å². The summed E-state index contributed by atoms with van der Waals surface area (Å²) < 4.78 is 0. The van der Waals surface area contributed by atoms with Crippen molar-refractivity contribution in [2.24, 2.45) is 4.99 Å². The molecule has 0 fully saturated rings. The molecule has 0 amide bonds. The Kier molecular flexibility index (Phi) is 18.4. The van der Waals surface area contributed by atoms with E-state index in [1.807, 2.05) is 0 Å². The van der Waals surface area contributed by atoms with E-state index in [2.05, 4.69) is 58.9 Å². The fourth-order valence-electron chi connectivity index (χ4n) is 3.16. The first-order valence-electron chi connectivity index (χ1n) is 9.63. The van der Waals surface area contributed by atoms with Gasteiger partial charge in [-0.05, 0) is 37.5 Å². The van der Waals surface area contributed by atoms with Crippen molar-refractivity contribution in [2.75, 3.05) is 6.54 Å². The summed E-state index contributed by atoms with van der Waals surface area (Å²) in [5.41, 5.74) is 6.20. The Morgan fingerprint density at radius 2 is 1.57 bits per heavy atom. The van der Waals surface area contributed by atoms with Crippen LogP contribution < -0.4 is 0 Å². The Morgan fingerprint density at radius 3 is 2.07 bits per heavy atom. The largest absolute Gasteiger partial charge is 4.00 e. The van der Waals surface area contributed by atoms with E-state index in [9.17, 15) is 0 Å². The van der Waals surface area contributed by atoms with Gasteiger partial charge in [-0.15, -0.1) is 11.4 Å². The molecule has 0 heterocycles. The normalized spacial score (nSPS) is 14.4. The molecule has 0 radical (unpaired) electrons. The van der Waals surface area contributed by atoms with Crippen LogP contribution in [0.15, 0.2) is 35.0 Å². The third-order valence-electron chi connectivity index (χ3n) is 4.64. The summed E-state index contributed by atoms with van der Waals surface area (Å²) in [6, 6.07) is 6.63. The van der Waals surface area contributed by atoms with Crippen molar-refractivity contribution in [3.8, 4) is 0 Å². The molecule has 1 aromatic rings. The average molecular weight is 549 g/mol. The number of para-hydroxylation sites is 1. The van der Waals surface area contributed by atoms with E-state index in [0.717, 1.165) is 31.5 Å². The Balaban J connectivity index is -0.00000156. The molecule has 28 heavy (non-hydrogen) atoms. The van der Waals surface area contributed by atoms with E-state index in [-0.39, 0.29) is 48.1 Å². The predicted octanol–water partition coefficient (Wildman–Crippen LogP) is 8.60. The Morgan fingerprint density at radius 1 is 1.00 bits per heavy atom. The summed E-state index contributed by atoms with van der Waals surface area (Å²) in [7, 11) is 0. The van der Waals surface area contributed by atoms with Crippen molar-refractivity contribution in [2.45, 2.75) is 78.6 Å². The minimum atomic E-state index is 0. The molecule has 0 saturated carbocycles. The van der Waals surface area contributed by atoms with Crippen LogP contribution in [0.4, 0.5) is 5.69 Å². The summed E-state index contributed by atoms with van der Waals surface area (Å²) in [6.45, 7) is 12.2. The molecule has 0 spiro atoms. The molecule has 156 valence electrons. The average Bonchev–Trinajstić information content (AvgIpc) is 2.56. The zero-order valence-corrected chi connectivity index (χ0v) is 23.2. The Labute approximate surface area is 195 Å². The third-order valence-corrected chi connectivity index (χ3v) is 4.64. The fraction of sp³-hybridized carbons (Fsp3) is 0.520. The monoisotopic (exact) mass is 550 g/mol. The maximum absolute atomic E-state index is 5.15. The number of aliphatic imine (C=N–C) groups is 1. The number of rotatable bonds is 7. The van der Waals surface area contributed by atoms with Gasteiger partial charge in [0.2, 0.25) is 0 Å². The van der Waals surface area contributed by atoms with Gasteiger partial charge in [0.15, 0.2) is 0 Å². The number of allylic oxidation sites excluding steroid dienone is 2. The van der Waals surface area contributed by atoms with Crippen molar-refractivity contribution in [1.29, 1.82) is 0 Å². The van der Waals surface area contributed by atoms with E-state index in [0.29, 0.717) is 11.8 Å². The molecule has 1 aliphatic rings. The first-order chi connectivity index (χ1) is 11.5. The second kappa shape index (κ2) is 16.1. The van der Waals surface area contributed by atoms with Crippen molar-refractivity contribution in [3.63, 3.8) is 0 Å². The van der Waals surface area contributed by atoms with Gasteiger partial charge in [-0.1, -0.05) is 76.4 Å². The molecule has 2 nitrogen and oxygen atoms in total. The molecule has 0 bridgehead atoms. The van der Waals surface area contributed by atoms with Crippen LogP contribution in [0.3, 0.4) is 0 Å². The van der Waals surface area contributed by atoms with Crippen LogP contribution in [0.25, 0.3) is 5.32 Å². The van der Waals surface area contributed by atoms with Gasteiger partial charge in [-0.3, -0.25) is 4.99 Å². The molecule has 0 aromatic heterocycles. The van der Waals surface area contributed by atoms with Crippen LogP contribution in [-0.2, 0) is 25.8 Å². The van der Waals surface area contributed by atoms with Crippen LogP contribution in [0.5, 0.6) is 0 Å². The molecule has 0 N–H and O–H groups in total. The summed E-state index contributed by atoms with van der Waals surface area (Å²) >= 11 is 0. The summed E-state index contributed by atoms with van der Waals surface area (Å²) in [5.74, 6) is 0.958. The third kappa shape index (κ3) is 8.76. The topological polar surface area (TPSA) is 26.5 Å². The van der Waals surface area contributed by atoms with Crippen LogP contribution in [-0.4, -0.2) is 12.3 Å². The molecule has 1 aliphatic carbocycles. The number of benzene rings is 1. The van der Waals surface area contributed by atoms with Gasteiger partial charge in [0.25, 0.3) is 0 Å². The van der Waals surface area contributed by atoms with Crippen molar-refractivity contribution >= 4 is 11.4 Å².